The fraction of sp³-hybridized carbons (Fsp3) is 0.571. The SMILES string of the molecule is CCN(C)C(=O)[C@H](S[C@@H]1O[C@H](COC(C)=O)[C@H](OC(C)=O)[C@H](n2cc(-c3cc(F)c(F)c(F)c3)nn2)[C@H]1OC(C)=O)C1(O)CNC1. The molecule has 2 aliphatic rings. The van der Waals surface area contributed by atoms with E-state index in [0.717, 1.165) is 37.2 Å². The third kappa shape index (κ3) is 7.62. The molecule has 14 nitrogen and oxygen atoms in total. The number of rotatable bonds is 11. The molecule has 1 amide bonds. The predicted octanol–water partition coefficient (Wildman–Crippen LogP) is 0.969. The minimum atomic E-state index is -1.68. The van der Waals surface area contributed by atoms with E-state index in [-0.39, 0.29) is 24.3 Å². The zero-order chi connectivity index (χ0) is 33.9. The number of ether oxygens (including phenoxy) is 4. The largest absolute Gasteiger partial charge is 0.463 e. The lowest BCUT2D eigenvalue weighted by molar-refractivity contribution is -0.212. The van der Waals surface area contributed by atoms with E-state index in [2.05, 4.69) is 15.6 Å². The summed E-state index contributed by atoms with van der Waals surface area (Å²) in [5, 5.41) is 21.1. The standard InChI is InChI=1S/C28H34F3N5O9S/c1-6-35(5)26(40)25(28(41)11-32-12-28)46-27-24(44-15(4)39)22(23(43-14(3)38)20(45-27)10-42-13(2)37)36-9-19(33-34-36)16-7-17(29)21(31)18(30)8-16/h7-9,20,22-25,27,32,41H,6,10-12H2,1-5H3/t20-,22+,23+,24-,25+,27+/m1/s1. The first kappa shape index (κ1) is 35.1. The molecule has 3 heterocycles. The maximum atomic E-state index is 14.0. The molecule has 2 aromatic rings. The van der Waals surface area contributed by atoms with Gasteiger partial charge in [-0.2, -0.15) is 0 Å². The van der Waals surface area contributed by atoms with E-state index in [9.17, 15) is 37.5 Å². The number of nitrogens with one attached hydrogen (secondary N) is 1. The van der Waals surface area contributed by atoms with Crippen LogP contribution in [-0.2, 0) is 38.1 Å². The zero-order valence-corrected chi connectivity index (χ0v) is 26.4. The maximum Gasteiger partial charge on any atom is 0.303 e. The van der Waals surface area contributed by atoms with Gasteiger partial charge in [-0.05, 0) is 19.1 Å². The molecule has 0 radical (unpaired) electrons. The third-order valence-corrected chi connectivity index (χ3v) is 9.02. The first-order chi connectivity index (χ1) is 21.6. The van der Waals surface area contributed by atoms with Gasteiger partial charge in [0.25, 0.3) is 0 Å². The van der Waals surface area contributed by atoms with E-state index in [1.165, 1.54) is 11.1 Å². The fourth-order valence-corrected chi connectivity index (χ4v) is 6.59. The van der Waals surface area contributed by atoms with Crippen LogP contribution in [0, 0.1) is 17.5 Å². The number of hydrogen-bond donors (Lipinski definition) is 2. The number of β-amino-alcohol motifs (C(OH)–C–C–N with tert-alkyl or cyclic N) is 1. The second kappa shape index (κ2) is 14.4. The van der Waals surface area contributed by atoms with Gasteiger partial charge in [0.05, 0.1) is 6.20 Å². The molecule has 0 bridgehead atoms. The summed E-state index contributed by atoms with van der Waals surface area (Å²) in [7, 11) is 1.55. The van der Waals surface area contributed by atoms with Crippen LogP contribution in [0.5, 0.6) is 0 Å². The Morgan fingerprint density at radius 1 is 1.11 bits per heavy atom. The van der Waals surface area contributed by atoms with Gasteiger partial charge in [0.2, 0.25) is 5.91 Å². The van der Waals surface area contributed by atoms with Crippen LogP contribution in [0.2, 0.25) is 0 Å². The molecular formula is C28H34F3N5O9S. The monoisotopic (exact) mass is 673 g/mol. The molecule has 2 saturated heterocycles. The maximum absolute atomic E-state index is 14.0. The molecule has 46 heavy (non-hydrogen) atoms. The fourth-order valence-electron chi connectivity index (χ4n) is 5.02. The summed E-state index contributed by atoms with van der Waals surface area (Å²) in [4.78, 5) is 51.5. The normalized spacial score (nSPS) is 24.3. The van der Waals surface area contributed by atoms with Crippen LogP contribution in [0.15, 0.2) is 18.3 Å². The van der Waals surface area contributed by atoms with Crippen molar-refractivity contribution in [2.24, 2.45) is 0 Å². The number of carbonyl (C=O) groups excluding carboxylic acids is 4. The minimum Gasteiger partial charge on any atom is -0.463 e. The highest BCUT2D eigenvalue weighted by Gasteiger charge is 2.56. The first-order valence-electron chi connectivity index (χ1n) is 14.2. The van der Waals surface area contributed by atoms with Crippen LogP contribution >= 0.6 is 11.8 Å². The average molecular weight is 674 g/mol. The summed E-state index contributed by atoms with van der Waals surface area (Å²) in [6.45, 7) is 5.12. The second-order valence-corrected chi connectivity index (χ2v) is 12.1. The molecule has 18 heteroatoms. The summed E-state index contributed by atoms with van der Waals surface area (Å²) in [5.41, 5.74) is -3.09. The molecule has 0 unspecified atom stereocenters. The van der Waals surface area contributed by atoms with Crippen LogP contribution < -0.4 is 5.32 Å². The van der Waals surface area contributed by atoms with Gasteiger partial charge in [-0.25, -0.2) is 17.9 Å². The van der Waals surface area contributed by atoms with Crippen LogP contribution in [0.4, 0.5) is 13.2 Å². The Balaban J connectivity index is 1.84. The van der Waals surface area contributed by atoms with Gasteiger partial charge in [-0.1, -0.05) is 5.21 Å². The molecule has 6 atom stereocenters. The van der Waals surface area contributed by atoms with Crippen molar-refractivity contribution in [3.05, 3.63) is 35.8 Å². The van der Waals surface area contributed by atoms with Crippen molar-refractivity contribution in [2.75, 3.05) is 33.3 Å². The van der Waals surface area contributed by atoms with E-state index < -0.39 is 88.5 Å². The molecule has 0 spiro atoms. The highest BCUT2D eigenvalue weighted by molar-refractivity contribution is 8.01. The van der Waals surface area contributed by atoms with Crippen molar-refractivity contribution in [3.8, 4) is 11.3 Å². The third-order valence-electron chi connectivity index (χ3n) is 7.46. The van der Waals surface area contributed by atoms with Gasteiger partial charge < -0.3 is 34.3 Å². The van der Waals surface area contributed by atoms with E-state index in [4.69, 9.17) is 18.9 Å². The quantitative estimate of drug-likeness (QED) is 0.197. The number of thioether (sulfide) groups is 1. The first-order valence-corrected chi connectivity index (χ1v) is 15.1. The Kier molecular flexibility index (Phi) is 11.0. The van der Waals surface area contributed by atoms with E-state index in [1.54, 1.807) is 14.0 Å². The van der Waals surface area contributed by atoms with E-state index in [0.29, 0.717) is 18.7 Å². The predicted molar refractivity (Wildman–Crippen MR) is 153 cm³/mol. The number of halogens is 3. The lowest BCUT2D eigenvalue weighted by Gasteiger charge is -2.48. The Bertz CT molecular complexity index is 1450. The lowest BCUT2D eigenvalue weighted by atomic mass is 9.92. The summed E-state index contributed by atoms with van der Waals surface area (Å²) >= 11 is 0.852. The van der Waals surface area contributed by atoms with Gasteiger partial charge in [-0.3, -0.25) is 19.2 Å². The van der Waals surface area contributed by atoms with Crippen LogP contribution in [0.25, 0.3) is 11.3 Å². The minimum absolute atomic E-state index is 0.0759. The Hall–Kier alpha value is -3.74. The van der Waals surface area contributed by atoms with Crippen molar-refractivity contribution >= 4 is 35.6 Å². The van der Waals surface area contributed by atoms with Gasteiger partial charge >= 0.3 is 17.9 Å². The van der Waals surface area contributed by atoms with Crippen molar-refractivity contribution in [1.29, 1.82) is 0 Å². The number of hydrogen-bond acceptors (Lipinski definition) is 13. The molecule has 2 aliphatic heterocycles. The van der Waals surface area contributed by atoms with Gasteiger partial charge in [0.15, 0.2) is 29.7 Å². The van der Waals surface area contributed by atoms with Gasteiger partial charge in [-0.15, -0.1) is 16.9 Å². The van der Waals surface area contributed by atoms with Crippen molar-refractivity contribution in [2.45, 2.75) is 68.3 Å². The number of benzene rings is 1. The molecule has 4 rings (SSSR count). The average Bonchev–Trinajstić information content (AvgIpc) is 3.46. The highest BCUT2D eigenvalue weighted by atomic mass is 32.2. The molecule has 0 aliphatic carbocycles. The van der Waals surface area contributed by atoms with Crippen LogP contribution in [-0.4, -0.2) is 117 Å². The molecule has 1 aromatic heterocycles. The van der Waals surface area contributed by atoms with Crippen LogP contribution in [0.3, 0.4) is 0 Å². The number of aromatic nitrogens is 3. The molecular weight excluding hydrogens is 639 g/mol. The topological polar surface area (TPSA) is 171 Å². The Labute approximate surface area is 265 Å². The zero-order valence-electron chi connectivity index (χ0n) is 25.6. The van der Waals surface area contributed by atoms with Crippen molar-refractivity contribution in [3.63, 3.8) is 0 Å². The number of amides is 1. The summed E-state index contributed by atoms with van der Waals surface area (Å²) in [6.07, 6.45) is -2.79. The Morgan fingerprint density at radius 3 is 2.24 bits per heavy atom. The van der Waals surface area contributed by atoms with Gasteiger partial charge in [0.1, 0.15) is 40.7 Å². The van der Waals surface area contributed by atoms with Crippen molar-refractivity contribution < 1.29 is 56.4 Å². The Morgan fingerprint density at radius 2 is 1.72 bits per heavy atom. The summed E-state index contributed by atoms with van der Waals surface area (Å²) < 4.78 is 65.6. The number of nitrogens with zero attached hydrogens (tertiary/aromatic N) is 4. The number of esters is 3. The summed E-state index contributed by atoms with van der Waals surface area (Å²) in [6, 6.07) is 0.129. The number of carbonyl (C=O) groups is 4. The molecule has 252 valence electrons. The highest BCUT2D eigenvalue weighted by Crippen LogP contribution is 2.43. The van der Waals surface area contributed by atoms with Crippen LogP contribution in [0.1, 0.15) is 33.7 Å². The molecule has 1 aromatic carbocycles. The van der Waals surface area contributed by atoms with E-state index >= 15 is 0 Å². The summed E-state index contributed by atoms with van der Waals surface area (Å²) in [5.74, 6) is -7.36. The van der Waals surface area contributed by atoms with E-state index in [1.807, 2.05) is 0 Å². The number of aliphatic hydroxyl groups is 1. The second-order valence-electron chi connectivity index (χ2n) is 10.9. The molecule has 2 N–H and O–H groups in total. The smallest absolute Gasteiger partial charge is 0.303 e. The molecule has 0 saturated carbocycles. The van der Waals surface area contributed by atoms with Gasteiger partial charge in [0, 0.05) is 53.0 Å². The molecule has 2 fully saturated rings. The lowest BCUT2D eigenvalue weighted by Crippen LogP contribution is -2.69. The van der Waals surface area contributed by atoms with Crippen molar-refractivity contribution in [1.82, 2.24) is 25.2 Å².